The Kier molecular flexibility index (Phi) is 6.78. The van der Waals surface area contributed by atoms with Crippen LogP contribution < -0.4 is 11.2 Å². The van der Waals surface area contributed by atoms with Crippen molar-refractivity contribution in [3.63, 3.8) is 0 Å². The molecule has 0 saturated heterocycles. The van der Waals surface area contributed by atoms with Gasteiger partial charge in [0.05, 0.1) is 10.6 Å². The van der Waals surface area contributed by atoms with Crippen molar-refractivity contribution >= 4 is 9.84 Å². The number of H-pyrrole nitrogens is 1. The van der Waals surface area contributed by atoms with Crippen molar-refractivity contribution < 1.29 is 13.2 Å². The maximum absolute atomic E-state index is 12.7. The monoisotopic (exact) mass is 394 g/mol. The lowest BCUT2D eigenvalue weighted by Gasteiger charge is -2.24. The van der Waals surface area contributed by atoms with Crippen LogP contribution in [0.4, 0.5) is 0 Å². The lowest BCUT2D eigenvalue weighted by atomic mass is 9.90. The first-order chi connectivity index (χ1) is 12.6. The van der Waals surface area contributed by atoms with Crippen molar-refractivity contribution in [2.75, 3.05) is 12.4 Å². The topological polar surface area (TPSA) is 98.2 Å². The summed E-state index contributed by atoms with van der Waals surface area (Å²) < 4.78 is 32.1. The van der Waals surface area contributed by atoms with E-state index in [9.17, 15) is 18.0 Å². The zero-order chi connectivity index (χ0) is 20.1. The number of aromatic nitrogens is 2. The van der Waals surface area contributed by atoms with E-state index in [0.29, 0.717) is 24.3 Å². The van der Waals surface area contributed by atoms with Crippen molar-refractivity contribution in [2.45, 2.75) is 45.2 Å². The van der Waals surface area contributed by atoms with Gasteiger partial charge in [0, 0.05) is 18.9 Å². The minimum atomic E-state index is -3.36. The Morgan fingerprint density at radius 3 is 2.52 bits per heavy atom. The number of benzene rings is 1. The summed E-state index contributed by atoms with van der Waals surface area (Å²) in [6, 6.07) is 8.26. The third kappa shape index (κ3) is 6.18. The van der Waals surface area contributed by atoms with E-state index in [-0.39, 0.29) is 12.5 Å². The Labute approximate surface area is 158 Å². The van der Waals surface area contributed by atoms with Gasteiger partial charge in [0.25, 0.3) is 5.56 Å². The van der Waals surface area contributed by atoms with Gasteiger partial charge in [-0.2, -0.15) is 0 Å². The van der Waals surface area contributed by atoms with Gasteiger partial charge in [0.2, 0.25) is 0 Å². The summed E-state index contributed by atoms with van der Waals surface area (Å²) in [7, 11) is -3.36. The van der Waals surface area contributed by atoms with Crippen molar-refractivity contribution in [2.24, 2.45) is 5.41 Å². The molecule has 2 rings (SSSR count). The number of aromatic amines is 1. The summed E-state index contributed by atoms with van der Waals surface area (Å²) in [6.07, 6.45) is 2.70. The molecular formula is C19H26N2O5S. The fraction of sp³-hybridized carbons (Fsp3) is 0.474. The zero-order valence-corrected chi connectivity index (χ0v) is 16.7. The SMILES string of the molecule is Cc1ccccc1S(=O)(=O)CC(C)(C)CCCOCn1ccc(=O)[nH]c1=O. The molecule has 1 aromatic carbocycles. The van der Waals surface area contributed by atoms with Crippen LogP contribution in [0, 0.1) is 12.3 Å². The molecule has 7 nitrogen and oxygen atoms in total. The van der Waals surface area contributed by atoms with Crippen LogP contribution in [-0.2, 0) is 21.3 Å². The Balaban J connectivity index is 1.85. The van der Waals surface area contributed by atoms with E-state index in [4.69, 9.17) is 4.74 Å². The normalized spacial score (nSPS) is 12.3. The Morgan fingerprint density at radius 1 is 1.15 bits per heavy atom. The number of aryl methyl sites for hydroxylation is 1. The molecule has 0 amide bonds. The average molecular weight is 394 g/mol. The summed E-state index contributed by atoms with van der Waals surface area (Å²) in [5.74, 6) is 0.0598. The van der Waals surface area contributed by atoms with E-state index in [2.05, 4.69) is 4.98 Å². The molecule has 0 saturated carbocycles. The second-order valence-corrected chi connectivity index (χ2v) is 9.37. The summed E-state index contributed by atoms with van der Waals surface area (Å²) in [5, 5.41) is 0. The molecule has 0 aliphatic rings. The van der Waals surface area contributed by atoms with E-state index in [1.165, 1.54) is 16.8 Å². The lowest BCUT2D eigenvalue weighted by Crippen LogP contribution is -2.29. The third-order valence-electron chi connectivity index (χ3n) is 4.28. The van der Waals surface area contributed by atoms with Gasteiger partial charge in [-0.3, -0.25) is 14.3 Å². The van der Waals surface area contributed by atoms with Gasteiger partial charge in [-0.25, -0.2) is 13.2 Å². The van der Waals surface area contributed by atoms with Gasteiger partial charge < -0.3 is 4.74 Å². The highest BCUT2D eigenvalue weighted by Crippen LogP contribution is 2.28. The molecule has 0 unspecified atom stereocenters. The smallest absolute Gasteiger partial charge is 0.330 e. The molecule has 0 aliphatic carbocycles. The molecule has 0 atom stereocenters. The van der Waals surface area contributed by atoms with E-state index in [1.807, 2.05) is 19.9 Å². The van der Waals surface area contributed by atoms with Gasteiger partial charge in [-0.05, 0) is 36.8 Å². The summed E-state index contributed by atoms with van der Waals surface area (Å²) >= 11 is 0. The standard InChI is InChI=1S/C19H26N2O5S/c1-15-7-4-5-8-16(15)27(24,25)13-19(2,3)10-6-12-26-14-21-11-9-17(22)20-18(21)23/h4-5,7-9,11H,6,10,12-14H2,1-3H3,(H,20,22,23). The number of hydrogen-bond acceptors (Lipinski definition) is 5. The van der Waals surface area contributed by atoms with Crippen molar-refractivity contribution in [1.29, 1.82) is 0 Å². The largest absolute Gasteiger partial charge is 0.361 e. The lowest BCUT2D eigenvalue weighted by molar-refractivity contribution is 0.0663. The van der Waals surface area contributed by atoms with Crippen LogP contribution in [0.2, 0.25) is 0 Å². The molecule has 0 aliphatic heterocycles. The molecule has 2 aromatic rings. The van der Waals surface area contributed by atoms with Crippen LogP contribution >= 0.6 is 0 Å². The predicted octanol–water partition coefficient (Wildman–Crippen LogP) is 2.10. The van der Waals surface area contributed by atoms with E-state index in [0.717, 1.165) is 5.56 Å². The predicted molar refractivity (Wildman–Crippen MR) is 104 cm³/mol. The van der Waals surface area contributed by atoms with Gasteiger partial charge in [-0.15, -0.1) is 0 Å². The molecule has 0 spiro atoms. The Bertz CT molecular complexity index is 989. The Morgan fingerprint density at radius 2 is 1.85 bits per heavy atom. The molecule has 27 heavy (non-hydrogen) atoms. The quantitative estimate of drug-likeness (QED) is 0.657. The maximum Gasteiger partial charge on any atom is 0.330 e. The van der Waals surface area contributed by atoms with Crippen LogP contribution in [0.25, 0.3) is 0 Å². The van der Waals surface area contributed by atoms with Crippen LogP contribution in [0.3, 0.4) is 0 Å². The van der Waals surface area contributed by atoms with E-state index in [1.54, 1.807) is 25.1 Å². The van der Waals surface area contributed by atoms with Gasteiger partial charge in [-0.1, -0.05) is 32.0 Å². The number of sulfone groups is 1. The first-order valence-corrected chi connectivity index (χ1v) is 10.4. The van der Waals surface area contributed by atoms with Crippen LogP contribution in [-0.4, -0.2) is 30.3 Å². The van der Waals surface area contributed by atoms with Gasteiger partial charge >= 0.3 is 5.69 Å². The summed E-state index contributed by atoms with van der Waals surface area (Å²) in [6.45, 7) is 6.08. The molecule has 1 N–H and O–H groups in total. The number of ether oxygens (including phenoxy) is 1. The minimum absolute atomic E-state index is 0.0392. The average Bonchev–Trinajstić information content (AvgIpc) is 2.55. The number of hydrogen-bond donors (Lipinski definition) is 1. The van der Waals surface area contributed by atoms with E-state index >= 15 is 0 Å². The third-order valence-corrected chi connectivity index (χ3v) is 6.57. The van der Waals surface area contributed by atoms with Crippen LogP contribution in [0.15, 0.2) is 51.0 Å². The second kappa shape index (κ2) is 8.67. The van der Waals surface area contributed by atoms with Crippen molar-refractivity contribution in [1.82, 2.24) is 9.55 Å². The molecule has 1 aromatic heterocycles. The highest BCUT2D eigenvalue weighted by molar-refractivity contribution is 7.91. The van der Waals surface area contributed by atoms with E-state index < -0.39 is 26.5 Å². The first-order valence-electron chi connectivity index (χ1n) is 8.77. The molecule has 0 radical (unpaired) electrons. The minimum Gasteiger partial charge on any atom is -0.361 e. The van der Waals surface area contributed by atoms with Crippen molar-refractivity contribution in [3.05, 3.63) is 62.9 Å². The molecule has 148 valence electrons. The second-order valence-electron chi connectivity index (χ2n) is 7.41. The Hall–Kier alpha value is -2.19. The van der Waals surface area contributed by atoms with Gasteiger partial charge in [0.15, 0.2) is 9.84 Å². The molecule has 1 heterocycles. The maximum atomic E-state index is 12.7. The molecule has 8 heteroatoms. The molecule has 0 bridgehead atoms. The summed E-state index contributed by atoms with van der Waals surface area (Å²) in [5.41, 5.74) is -0.623. The highest BCUT2D eigenvalue weighted by atomic mass is 32.2. The highest BCUT2D eigenvalue weighted by Gasteiger charge is 2.28. The molecular weight excluding hydrogens is 368 g/mol. The van der Waals surface area contributed by atoms with Crippen LogP contribution in [0.5, 0.6) is 0 Å². The zero-order valence-electron chi connectivity index (χ0n) is 15.9. The summed E-state index contributed by atoms with van der Waals surface area (Å²) in [4.78, 5) is 25.1. The fourth-order valence-corrected chi connectivity index (χ4v) is 5.10. The fourth-order valence-electron chi connectivity index (χ4n) is 2.93. The number of nitrogens with zero attached hydrogens (tertiary/aromatic N) is 1. The molecule has 0 fully saturated rings. The van der Waals surface area contributed by atoms with Crippen molar-refractivity contribution in [3.8, 4) is 0 Å². The number of nitrogens with one attached hydrogen (secondary N) is 1. The van der Waals surface area contributed by atoms with Crippen LogP contribution in [0.1, 0.15) is 32.3 Å². The first kappa shape index (κ1) is 21.1. The number of rotatable bonds is 9. The van der Waals surface area contributed by atoms with Gasteiger partial charge in [0.1, 0.15) is 6.73 Å².